The summed E-state index contributed by atoms with van der Waals surface area (Å²) in [5, 5.41) is 4.73. The molecule has 162 valence electrons. The van der Waals surface area contributed by atoms with Gasteiger partial charge in [-0.25, -0.2) is 0 Å². The molecule has 0 saturated carbocycles. The van der Waals surface area contributed by atoms with Crippen LogP contribution in [0.1, 0.15) is 0 Å². The lowest BCUT2D eigenvalue weighted by atomic mass is 9.98. The van der Waals surface area contributed by atoms with Crippen molar-refractivity contribution in [2.45, 2.75) is 0 Å². The first-order valence-corrected chi connectivity index (χ1v) is 10.7. The molecule has 2 N–H and O–H groups in total. The lowest BCUT2D eigenvalue weighted by Crippen LogP contribution is -2.16. The van der Waals surface area contributed by atoms with Gasteiger partial charge in [0.15, 0.2) is 16.3 Å². The van der Waals surface area contributed by atoms with Gasteiger partial charge in [0, 0.05) is 32.6 Å². The monoisotopic (exact) mass is 444 g/mol. The number of rotatable bonds is 2. The lowest BCUT2D eigenvalue weighted by molar-refractivity contribution is 1.36. The van der Waals surface area contributed by atoms with Crippen LogP contribution in [0.2, 0.25) is 0 Å². The van der Waals surface area contributed by atoms with Gasteiger partial charge in [0.2, 0.25) is 0 Å². The van der Waals surface area contributed by atoms with Crippen LogP contribution < -0.4 is 27.2 Å². The van der Waals surface area contributed by atoms with E-state index in [1.807, 2.05) is 30.3 Å². The van der Waals surface area contributed by atoms with Crippen molar-refractivity contribution in [3.8, 4) is 0 Å². The second-order valence-electron chi connectivity index (χ2n) is 8.15. The molecule has 0 unspecified atom stereocenters. The summed E-state index contributed by atoms with van der Waals surface area (Å²) in [6.07, 6.45) is 0. The summed E-state index contributed by atoms with van der Waals surface area (Å²) in [5.74, 6) is 0. The summed E-state index contributed by atoms with van der Waals surface area (Å²) in [6.45, 7) is 0. The van der Waals surface area contributed by atoms with E-state index in [2.05, 4.69) is 10.3 Å². The van der Waals surface area contributed by atoms with Gasteiger partial charge in [-0.05, 0) is 30.3 Å². The second-order valence-corrected chi connectivity index (χ2v) is 8.15. The molecular formula is C28H16N2O4. The van der Waals surface area contributed by atoms with Crippen molar-refractivity contribution < 1.29 is 0 Å². The first-order chi connectivity index (χ1) is 16.5. The molecule has 6 heteroatoms. The Morgan fingerprint density at radius 3 is 1.82 bits per heavy atom. The maximum atomic E-state index is 13.7. The maximum Gasteiger partial charge on any atom is 0.255 e. The number of fused-ring (bicyclic) bond motifs is 5. The number of aromatic amines is 1. The molecule has 0 radical (unpaired) electrons. The number of para-hydroxylation sites is 1. The summed E-state index contributed by atoms with van der Waals surface area (Å²) in [7, 11) is 0. The van der Waals surface area contributed by atoms with Gasteiger partial charge in [0.25, 0.3) is 5.56 Å². The molecule has 0 aliphatic carbocycles. The minimum absolute atomic E-state index is 0.0174. The quantitative estimate of drug-likeness (QED) is 0.389. The minimum Gasteiger partial charge on any atom is -0.355 e. The van der Waals surface area contributed by atoms with Gasteiger partial charge in [0.05, 0.1) is 22.0 Å². The van der Waals surface area contributed by atoms with E-state index in [0.29, 0.717) is 22.1 Å². The van der Waals surface area contributed by atoms with E-state index in [9.17, 15) is 19.2 Å². The van der Waals surface area contributed by atoms with Crippen LogP contribution in [0, 0.1) is 0 Å². The van der Waals surface area contributed by atoms with Crippen LogP contribution in [0.25, 0.3) is 43.2 Å². The zero-order chi connectivity index (χ0) is 23.4. The van der Waals surface area contributed by atoms with Gasteiger partial charge < -0.3 is 10.3 Å². The molecular weight excluding hydrogens is 428 g/mol. The molecule has 0 fully saturated rings. The number of H-pyrrole nitrogens is 1. The molecule has 0 saturated heterocycles. The van der Waals surface area contributed by atoms with E-state index in [4.69, 9.17) is 0 Å². The first kappa shape index (κ1) is 19.8. The van der Waals surface area contributed by atoms with Crippen LogP contribution in [-0.2, 0) is 0 Å². The van der Waals surface area contributed by atoms with Gasteiger partial charge in [-0.3, -0.25) is 19.2 Å². The van der Waals surface area contributed by atoms with Crippen LogP contribution in [-0.4, -0.2) is 4.98 Å². The fourth-order valence-electron chi connectivity index (χ4n) is 4.49. The van der Waals surface area contributed by atoms with Crippen LogP contribution >= 0.6 is 0 Å². The van der Waals surface area contributed by atoms with Gasteiger partial charge in [-0.15, -0.1) is 0 Å². The lowest BCUT2D eigenvalue weighted by Gasteiger charge is -2.12. The summed E-state index contributed by atoms with van der Waals surface area (Å²) in [5.41, 5.74) is -0.535. The summed E-state index contributed by atoms with van der Waals surface area (Å²) < 4.78 is 0. The van der Waals surface area contributed by atoms with Crippen LogP contribution in [0.3, 0.4) is 0 Å². The van der Waals surface area contributed by atoms with Crippen molar-refractivity contribution in [3.05, 3.63) is 126 Å². The highest BCUT2D eigenvalue weighted by atomic mass is 16.1. The molecule has 6 nitrogen and oxygen atoms in total. The molecule has 7 aromatic rings. The maximum absolute atomic E-state index is 13.7. The number of hydrogen-bond acceptors (Lipinski definition) is 5. The van der Waals surface area contributed by atoms with Crippen molar-refractivity contribution in [3.63, 3.8) is 0 Å². The van der Waals surface area contributed by atoms with Crippen molar-refractivity contribution in [2.75, 3.05) is 5.32 Å². The summed E-state index contributed by atoms with van der Waals surface area (Å²) in [6, 6.07) is 23.6. The van der Waals surface area contributed by atoms with Gasteiger partial charge in [-0.2, -0.15) is 0 Å². The van der Waals surface area contributed by atoms with E-state index < -0.39 is 11.0 Å². The largest absolute Gasteiger partial charge is 0.355 e. The normalized spacial score (nSPS) is 11.4. The van der Waals surface area contributed by atoms with Crippen molar-refractivity contribution in [1.29, 1.82) is 0 Å². The number of benzene rings is 5. The molecule has 34 heavy (non-hydrogen) atoms. The Morgan fingerprint density at radius 2 is 1.15 bits per heavy atom. The van der Waals surface area contributed by atoms with Crippen LogP contribution in [0.5, 0.6) is 0 Å². The Hall–Kier alpha value is -4.84. The van der Waals surface area contributed by atoms with E-state index in [1.54, 1.807) is 54.6 Å². The van der Waals surface area contributed by atoms with Crippen molar-refractivity contribution in [2.24, 2.45) is 0 Å². The standard InChI is InChI=1S/C28H16N2O4/c31-25-15-10-12-16(13-11-15)28(34)30-24-20(25)14-21(29-17-6-2-1-3-7-17)22-23(24)27(33)19-9-5-4-8-18(19)26(22)32/h1-14,29H,(H,30,34). The van der Waals surface area contributed by atoms with E-state index >= 15 is 0 Å². The number of nitrogens with one attached hydrogen (secondary N) is 2. The number of aromatic nitrogens is 1. The van der Waals surface area contributed by atoms with E-state index in [1.165, 1.54) is 0 Å². The molecule has 0 spiro atoms. The number of anilines is 2. The molecule has 0 aliphatic rings. The predicted molar refractivity (Wildman–Crippen MR) is 137 cm³/mol. The fraction of sp³-hybridized carbons (Fsp3) is 0. The fourth-order valence-corrected chi connectivity index (χ4v) is 4.49. The Kier molecular flexibility index (Phi) is 4.28. The first-order valence-electron chi connectivity index (χ1n) is 10.7. The third kappa shape index (κ3) is 2.89. The molecule has 0 amide bonds. The third-order valence-electron chi connectivity index (χ3n) is 6.14. The molecule has 2 bridgehead atoms. The highest BCUT2D eigenvalue weighted by Crippen LogP contribution is 2.29. The second kappa shape index (κ2) is 7.35. The zero-order valence-electron chi connectivity index (χ0n) is 17.7. The Labute approximate surface area is 191 Å². The topological polar surface area (TPSA) is 96.1 Å². The average Bonchev–Trinajstić information content (AvgIpc) is 2.94. The molecule has 7 rings (SSSR count). The van der Waals surface area contributed by atoms with Gasteiger partial charge >= 0.3 is 0 Å². The molecule has 2 heterocycles. The van der Waals surface area contributed by atoms with Gasteiger partial charge in [0.1, 0.15) is 0 Å². The van der Waals surface area contributed by atoms with Crippen molar-refractivity contribution in [1.82, 2.24) is 4.98 Å². The predicted octanol–water partition coefficient (Wildman–Crippen LogP) is 4.25. The summed E-state index contributed by atoms with van der Waals surface area (Å²) in [4.78, 5) is 56.6. The Bertz CT molecular complexity index is 2000. The van der Waals surface area contributed by atoms with E-state index in [0.717, 1.165) is 0 Å². The van der Waals surface area contributed by atoms with E-state index in [-0.39, 0.29) is 43.3 Å². The smallest absolute Gasteiger partial charge is 0.255 e. The average molecular weight is 444 g/mol. The number of hydrogen-bond donors (Lipinski definition) is 2. The third-order valence-corrected chi connectivity index (χ3v) is 6.14. The SMILES string of the molecule is O=c1[nH]c2c(cc(Nc3ccccc3)c3c(=O)c4ccccc4c(=O)c32)c(=O)c2ccc1cc2. The highest BCUT2D eigenvalue weighted by Gasteiger charge is 2.19. The molecule has 0 aliphatic heterocycles. The zero-order valence-corrected chi connectivity index (χ0v) is 17.7. The van der Waals surface area contributed by atoms with Gasteiger partial charge in [-0.1, -0.05) is 54.6 Å². The van der Waals surface area contributed by atoms with Crippen LogP contribution in [0.15, 0.2) is 104 Å². The highest BCUT2D eigenvalue weighted by molar-refractivity contribution is 6.15. The molecule has 0 atom stereocenters. The Balaban J connectivity index is 1.95. The molecule has 2 aromatic heterocycles. The minimum atomic E-state index is -0.465. The summed E-state index contributed by atoms with van der Waals surface area (Å²) >= 11 is 0. The molecule has 5 aromatic carbocycles. The Morgan fingerprint density at radius 1 is 0.559 bits per heavy atom. The van der Waals surface area contributed by atoms with Crippen molar-refractivity contribution >= 4 is 54.6 Å². The van der Waals surface area contributed by atoms with Crippen LogP contribution in [0.4, 0.5) is 11.4 Å².